The van der Waals surface area contributed by atoms with Gasteiger partial charge < -0.3 is 5.11 Å². The number of terminal acetylenes is 1. The fraction of sp³-hybridized carbons (Fsp3) is 0.739. The molecule has 1 nitrogen and oxygen atoms in total. The van der Waals surface area contributed by atoms with Crippen LogP contribution in [0.5, 0.6) is 0 Å². The number of hydrogen-bond acceptors (Lipinski definition) is 1. The Morgan fingerprint density at radius 2 is 1.12 bits per heavy atom. The van der Waals surface area contributed by atoms with E-state index in [1.165, 1.54) is 89.9 Å². The Morgan fingerprint density at radius 3 is 1.58 bits per heavy atom. The average Bonchev–Trinajstić information content (AvgIpc) is 2.60. The van der Waals surface area contributed by atoms with Gasteiger partial charge in [-0.1, -0.05) is 88.9 Å². The van der Waals surface area contributed by atoms with Gasteiger partial charge in [0.1, 0.15) is 6.10 Å². The number of allylic oxidation sites excluding steroid dienone is 3. The van der Waals surface area contributed by atoms with E-state index >= 15 is 0 Å². The monoisotopic (exact) mass is 332 g/mol. The molecule has 0 bridgehead atoms. The summed E-state index contributed by atoms with van der Waals surface area (Å²) >= 11 is 0. The fourth-order valence-electron chi connectivity index (χ4n) is 2.79. The second kappa shape index (κ2) is 20.0. The number of aliphatic hydroxyl groups excluding tert-OH is 1. The minimum Gasteiger partial charge on any atom is -0.377 e. The lowest BCUT2D eigenvalue weighted by Crippen LogP contribution is -1.95. The maximum Gasteiger partial charge on any atom is 0.133 e. The van der Waals surface area contributed by atoms with E-state index in [1.54, 1.807) is 6.08 Å². The van der Waals surface area contributed by atoms with Crippen LogP contribution in [0.15, 0.2) is 24.3 Å². The second-order valence-electron chi connectivity index (χ2n) is 6.77. The van der Waals surface area contributed by atoms with Gasteiger partial charge in [-0.25, -0.2) is 0 Å². The van der Waals surface area contributed by atoms with E-state index in [1.807, 2.05) is 6.08 Å². The summed E-state index contributed by atoms with van der Waals surface area (Å²) in [5.74, 6) is 2.29. The highest BCUT2D eigenvalue weighted by Gasteiger charge is 1.93. The van der Waals surface area contributed by atoms with Gasteiger partial charge in [0, 0.05) is 0 Å². The normalized spacial score (nSPS) is 12.9. The van der Waals surface area contributed by atoms with Gasteiger partial charge in [0.15, 0.2) is 0 Å². The quantitative estimate of drug-likeness (QED) is 0.173. The molecule has 0 saturated heterocycles. The van der Waals surface area contributed by atoms with Gasteiger partial charge in [0.25, 0.3) is 0 Å². The third kappa shape index (κ3) is 19.0. The van der Waals surface area contributed by atoms with Crippen LogP contribution in [0.2, 0.25) is 0 Å². The van der Waals surface area contributed by atoms with Crippen molar-refractivity contribution < 1.29 is 5.11 Å². The zero-order chi connectivity index (χ0) is 17.7. The van der Waals surface area contributed by atoms with Crippen molar-refractivity contribution >= 4 is 0 Å². The first kappa shape index (κ1) is 23.0. The number of unbranched alkanes of at least 4 members (excludes halogenated alkanes) is 13. The molecular weight excluding hydrogens is 292 g/mol. The van der Waals surface area contributed by atoms with Crippen LogP contribution in [0.4, 0.5) is 0 Å². The maximum absolute atomic E-state index is 9.17. The van der Waals surface area contributed by atoms with Crippen LogP contribution >= 0.6 is 0 Å². The summed E-state index contributed by atoms with van der Waals surface area (Å²) in [6, 6.07) is 0. The molecule has 0 spiro atoms. The average molecular weight is 333 g/mol. The molecule has 0 aliphatic rings. The van der Waals surface area contributed by atoms with Crippen LogP contribution in [0.25, 0.3) is 0 Å². The SMILES string of the molecule is C#CC(O)C=CCCCCCCCCCCC=CCCCCCC. The number of hydrogen-bond donors (Lipinski definition) is 1. The Hall–Kier alpha value is -1.00. The molecule has 0 heterocycles. The van der Waals surface area contributed by atoms with Crippen molar-refractivity contribution in [1.29, 1.82) is 0 Å². The van der Waals surface area contributed by atoms with E-state index in [2.05, 4.69) is 25.0 Å². The van der Waals surface area contributed by atoms with E-state index in [4.69, 9.17) is 11.5 Å². The van der Waals surface area contributed by atoms with Gasteiger partial charge in [0.2, 0.25) is 0 Å². The highest BCUT2D eigenvalue weighted by Crippen LogP contribution is 2.11. The molecule has 0 aliphatic heterocycles. The highest BCUT2D eigenvalue weighted by molar-refractivity contribution is 5.05. The molecule has 1 atom stereocenters. The van der Waals surface area contributed by atoms with Crippen molar-refractivity contribution in [2.75, 3.05) is 0 Å². The van der Waals surface area contributed by atoms with Gasteiger partial charge in [-0.05, 0) is 44.6 Å². The van der Waals surface area contributed by atoms with Gasteiger partial charge in [-0.2, -0.15) is 0 Å². The largest absolute Gasteiger partial charge is 0.377 e. The minimum absolute atomic E-state index is 0.707. The summed E-state index contributed by atoms with van der Waals surface area (Å²) in [5.41, 5.74) is 0. The van der Waals surface area contributed by atoms with Crippen LogP contribution < -0.4 is 0 Å². The zero-order valence-electron chi connectivity index (χ0n) is 16.0. The fourth-order valence-corrected chi connectivity index (χ4v) is 2.79. The van der Waals surface area contributed by atoms with Gasteiger partial charge in [0.05, 0.1) is 0 Å². The summed E-state index contributed by atoms with van der Waals surface area (Å²) in [4.78, 5) is 0. The molecule has 1 heteroatoms. The van der Waals surface area contributed by atoms with Crippen molar-refractivity contribution in [3.05, 3.63) is 24.3 Å². The molecular formula is C23H40O. The molecule has 138 valence electrons. The Labute approximate surface area is 151 Å². The standard InChI is InChI=1S/C23H40O/c1-3-5-6-7-8-9-10-11-12-13-14-15-16-17-18-19-20-21-22-23(24)4-2/h2,9-10,21-24H,3,5-8,11-20H2,1H3. The third-order valence-corrected chi connectivity index (χ3v) is 4.37. The Balaban J connectivity index is 3.14. The first-order chi connectivity index (χ1) is 11.8. The zero-order valence-corrected chi connectivity index (χ0v) is 16.0. The van der Waals surface area contributed by atoms with Gasteiger partial charge >= 0.3 is 0 Å². The molecule has 0 amide bonds. The summed E-state index contributed by atoms with van der Waals surface area (Å²) in [5, 5.41) is 9.17. The van der Waals surface area contributed by atoms with Crippen molar-refractivity contribution in [2.45, 2.75) is 109 Å². The number of aliphatic hydroxyl groups is 1. The predicted octanol–water partition coefficient (Wildman–Crippen LogP) is 6.96. The summed E-state index contributed by atoms with van der Waals surface area (Å²) in [7, 11) is 0. The topological polar surface area (TPSA) is 20.2 Å². The summed E-state index contributed by atoms with van der Waals surface area (Å²) in [6.07, 6.45) is 32.6. The van der Waals surface area contributed by atoms with Crippen LogP contribution in [0.3, 0.4) is 0 Å². The maximum atomic E-state index is 9.17. The van der Waals surface area contributed by atoms with Crippen LogP contribution in [-0.2, 0) is 0 Å². The molecule has 24 heavy (non-hydrogen) atoms. The molecule has 0 aromatic heterocycles. The Morgan fingerprint density at radius 1 is 0.708 bits per heavy atom. The minimum atomic E-state index is -0.707. The lowest BCUT2D eigenvalue weighted by Gasteiger charge is -2.01. The third-order valence-electron chi connectivity index (χ3n) is 4.37. The smallest absolute Gasteiger partial charge is 0.133 e. The van der Waals surface area contributed by atoms with Gasteiger partial charge in [-0.15, -0.1) is 6.42 Å². The molecule has 0 aliphatic carbocycles. The lowest BCUT2D eigenvalue weighted by atomic mass is 10.1. The summed E-state index contributed by atoms with van der Waals surface area (Å²) < 4.78 is 0. The van der Waals surface area contributed by atoms with Crippen molar-refractivity contribution in [1.82, 2.24) is 0 Å². The lowest BCUT2D eigenvalue weighted by molar-refractivity contribution is 0.280. The molecule has 0 radical (unpaired) electrons. The second-order valence-corrected chi connectivity index (χ2v) is 6.77. The van der Waals surface area contributed by atoms with Crippen molar-refractivity contribution in [2.24, 2.45) is 0 Å². The first-order valence-electron chi connectivity index (χ1n) is 10.3. The molecule has 0 saturated carbocycles. The predicted molar refractivity (Wildman–Crippen MR) is 108 cm³/mol. The molecule has 0 rings (SSSR count). The molecule has 0 aromatic rings. The van der Waals surface area contributed by atoms with E-state index < -0.39 is 6.10 Å². The van der Waals surface area contributed by atoms with Crippen molar-refractivity contribution in [3.63, 3.8) is 0 Å². The van der Waals surface area contributed by atoms with Gasteiger partial charge in [-0.3, -0.25) is 0 Å². The van der Waals surface area contributed by atoms with E-state index in [0.29, 0.717) is 0 Å². The van der Waals surface area contributed by atoms with Crippen LogP contribution in [-0.4, -0.2) is 11.2 Å². The molecule has 0 fully saturated rings. The Bertz CT molecular complexity index is 334. The highest BCUT2D eigenvalue weighted by atomic mass is 16.3. The van der Waals surface area contributed by atoms with Crippen molar-refractivity contribution in [3.8, 4) is 12.3 Å². The van der Waals surface area contributed by atoms with E-state index in [9.17, 15) is 0 Å². The Kier molecular flexibility index (Phi) is 19.2. The molecule has 0 aromatic carbocycles. The molecule has 1 N–H and O–H groups in total. The summed E-state index contributed by atoms with van der Waals surface area (Å²) in [6.45, 7) is 2.27. The van der Waals surface area contributed by atoms with Crippen LogP contribution in [0, 0.1) is 12.3 Å². The molecule has 1 unspecified atom stereocenters. The van der Waals surface area contributed by atoms with Crippen LogP contribution in [0.1, 0.15) is 103 Å². The van der Waals surface area contributed by atoms with E-state index in [0.717, 1.165) is 6.42 Å². The number of rotatable bonds is 17. The first-order valence-corrected chi connectivity index (χ1v) is 10.3. The van der Waals surface area contributed by atoms with E-state index in [-0.39, 0.29) is 0 Å².